The fourth-order valence-corrected chi connectivity index (χ4v) is 3.37. The molecule has 0 radical (unpaired) electrons. The van der Waals surface area contributed by atoms with Gasteiger partial charge < -0.3 is 20.1 Å². The summed E-state index contributed by atoms with van der Waals surface area (Å²) in [6.07, 6.45) is 2.37. The number of carbonyl (C=O) groups is 1. The lowest BCUT2D eigenvalue weighted by atomic mass is 10.1. The number of rotatable bonds is 8. The maximum absolute atomic E-state index is 13.2. The van der Waals surface area contributed by atoms with Gasteiger partial charge in [0.15, 0.2) is 11.5 Å². The highest BCUT2D eigenvalue weighted by molar-refractivity contribution is 5.74. The van der Waals surface area contributed by atoms with Crippen molar-refractivity contribution in [2.24, 2.45) is 0 Å². The van der Waals surface area contributed by atoms with E-state index in [4.69, 9.17) is 9.47 Å². The summed E-state index contributed by atoms with van der Waals surface area (Å²) in [5.41, 5.74) is 3.56. The van der Waals surface area contributed by atoms with E-state index < -0.39 is 0 Å². The van der Waals surface area contributed by atoms with Gasteiger partial charge in [0.2, 0.25) is 0 Å². The molecular weight excluding hydrogens is 399 g/mol. The zero-order valence-corrected chi connectivity index (χ0v) is 18.1. The summed E-state index contributed by atoms with van der Waals surface area (Å²) in [6.45, 7) is 4.29. The van der Waals surface area contributed by atoms with Crippen molar-refractivity contribution in [2.75, 3.05) is 20.8 Å². The van der Waals surface area contributed by atoms with Crippen LogP contribution in [0.3, 0.4) is 0 Å². The Morgan fingerprint density at radius 3 is 2.52 bits per heavy atom. The lowest BCUT2D eigenvalue weighted by Crippen LogP contribution is -2.38. The van der Waals surface area contributed by atoms with Crippen LogP contribution in [0.25, 0.3) is 5.69 Å². The van der Waals surface area contributed by atoms with Crippen LogP contribution in [0.15, 0.2) is 48.7 Å². The van der Waals surface area contributed by atoms with Crippen LogP contribution >= 0.6 is 0 Å². The van der Waals surface area contributed by atoms with E-state index in [0.29, 0.717) is 24.5 Å². The highest BCUT2D eigenvalue weighted by Gasteiger charge is 2.16. The van der Waals surface area contributed by atoms with Gasteiger partial charge in [0, 0.05) is 17.8 Å². The molecule has 0 aliphatic carbocycles. The molecule has 1 aromatic heterocycles. The third-order valence-corrected chi connectivity index (χ3v) is 5.08. The highest BCUT2D eigenvalue weighted by Crippen LogP contribution is 2.27. The predicted octanol–water partition coefficient (Wildman–Crippen LogP) is 3.94. The first kappa shape index (κ1) is 22.1. The van der Waals surface area contributed by atoms with E-state index in [1.807, 2.05) is 32.0 Å². The first-order valence-electron chi connectivity index (χ1n) is 9.98. The number of hydrogen-bond donors (Lipinski definition) is 2. The Hall–Kier alpha value is -3.55. The van der Waals surface area contributed by atoms with Crippen molar-refractivity contribution < 1.29 is 18.7 Å². The Morgan fingerprint density at radius 2 is 1.84 bits per heavy atom. The van der Waals surface area contributed by atoms with Crippen molar-refractivity contribution in [1.82, 2.24) is 20.4 Å². The number of nitrogens with one attached hydrogen (secondary N) is 2. The standard InChI is InChI=1S/C23H27FN4O3/c1-15(20-14-26-28(16(20)2)19-8-6-18(24)7-9-19)27-23(29)25-12-11-17-5-10-21(30-3)22(13-17)31-4/h5-10,13-15H,11-12H2,1-4H3,(H2,25,27,29). The van der Waals surface area contributed by atoms with E-state index in [2.05, 4.69) is 15.7 Å². The number of halogens is 1. The van der Waals surface area contributed by atoms with Gasteiger partial charge in [-0.2, -0.15) is 5.10 Å². The van der Waals surface area contributed by atoms with E-state index in [-0.39, 0.29) is 17.9 Å². The molecule has 0 bridgehead atoms. The molecule has 1 atom stereocenters. The first-order chi connectivity index (χ1) is 14.9. The average molecular weight is 426 g/mol. The number of urea groups is 1. The van der Waals surface area contributed by atoms with Gasteiger partial charge in [-0.15, -0.1) is 0 Å². The third-order valence-electron chi connectivity index (χ3n) is 5.08. The molecule has 1 heterocycles. The molecule has 164 valence electrons. The molecule has 3 aromatic rings. The molecule has 2 amide bonds. The van der Waals surface area contributed by atoms with Crippen molar-refractivity contribution in [3.05, 3.63) is 71.3 Å². The highest BCUT2D eigenvalue weighted by atomic mass is 19.1. The Bertz CT molecular complexity index is 1030. The number of methoxy groups -OCH3 is 2. The van der Waals surface area contributed by atoms with Gasteiger partial charge in [-0.25, -0.2) is 13.9 Å². The summed E-state index contributed by atoms with van der Waals surface area (Å²) in [5.74, 6) is 1.03. The number of carbonyl (C=O) groups excluding carboxylic acids is 1. The van der Waals surface area contributed by atoms with Crippen LogP contribution in [-0.4, -0.2) is 36.6 Å². The number of hydrogen-bond acceptors (Lipinski definition) is 4. The largest absolute Gasteiger partial charge is 0.493 e. The number of nitrogens with zero attached hydrogens (tertiary/aromatic N) is 2. The lowest BCUT2D eigenvalue weighted by Gasteiger charge is -2.15. The topological polar surface area (TPSA) is 77.4 Å². The fourth-order valence-electron chi connectivity index (χ4n) is 3.37. The van der Waals surface area contributed by atoms with Gasteiger partial charge >= 0.3 is 6.03 Å². The van der Waals surface area contributed by atoms with Crippen molar-refractivity contribution in [3.8, 4) is 17.2 Å². The summed E-state index contributed by atoms with van der Waals surface area (Å²) < 4.78 is 25.4. The van der Waals surface area contributed by atoms with Crippen molar-refractivity contribution in [3.63, 3.8) is 0 Å². The Kier molecular flexibility index (Phi) is 7.12. The van der Waals surface area contributed by atoms with E-state index >= 15 is 0 Å². The number of ether oxygens (including phenoxy) is 2. The van der Waals surface area contributed by atoms with Gasteiger partial charge in [0.05, 0.1) is 32.1 Å². The molecule has 0 spiro atoms. The normalized spacial score (nSPS) is 11.6. The van der Waals surface area contributed by atoms with Crippen LogP contribution in [-0.2, 0) is 6.42 Å². The summed E-state index contributed by atoms with van der Waals surface area (Å²) >= 11 is 0. The molecule has 2 aromatic carbocycles. The van der Waals surface area contributed by atoms with Crippen LogP contribution < -0.4 is 20.1 Å². The molecule has 31 heavy (non-hydrogen) atoms. The molecule has 7 nitrogen and oxygen atoms in total. The van der Waals surface area contributed by atoms with Gasteiger partial charge in [-0.1, -0.05) is 6.07 Å². The zero-order valence-electron chi connectivity index (χ0n) is 18.1. The molecule has 0 aliphatic heterocycles. The minimum Gasteiger partial charge on any atom is -0.493 e. The van der Waals surface area contributed by atoms with Gasteiger partial charge in [-0.05, 0) is 62.2 Å². The number of aromatic nitrogens is 2. The fraction of sp³-hybridized carbons (Fsp3) is 0.304. The molecule has 0 saturated carbocycles. The third kappa shape index (κ3) is 5.33. The predicted molar refractivity (Wildman–Crippen MR) is 116 cm³/mol. The summed E-state index contributed by atoms with van der Waals surface area (Å²) in [7, 11) is 3.19. The number of benzene rings is 2. The summed E-state index contributed by atoms with van der Waals surface area (Å²) in [6, 6.07) is 11.3. The first-order valence-corrected chi connectivity index (χ1v) is 9.98. The van der Waals surface area contributed by atoms with E-state index in [1.165, 1.54) is 12.1 Å². The molecule has 0 saturated heterocycles. The van der Waals surface area contributed by atoms with Crippen LogP contribution in [0.4, 0.5) is 9.18 Å². The Labute approximate surface area is 181 Å². The second-order valence-electron chi connectivity index (χ2n) is 7.13. The Balaban J connectivity index is 1.55. The van der Waals surface area contributed by atoms with Crippen molar-refractivity contribution in [2.45, 2.75) is 26.3 Å². The molecule has 3 rings (SSSR count). The van der Waals surface area contributed by atoms with E-state index in [9.17, 15) is 9.18 Å². The summed E-state index contributed by atoms with van der Waals surface area (Å²) in [5, 5.41) is 10.2. The SMILES string of the molecule is COc1ccc(CCNC(=O)NC(C)c2cnn(-c3ccc(F)cc3)c2C)cc1OC. The molecule has 2 N–H and O–H groups in total. The van der Waals surface area contributed by atoms with Crippen molar-refractivity contribution in [1.29, 1.82) is 0 Å². The molecular formula is C23H27FN4O3. The summed E-state index contributed by atoms with van der Waals surface area (Å²) in [4.78, 5) is 12.3. The zero-order chi connectivity index (χ0) is 22.4. The molecule has 1 unspecified atom stereocenters. The van der Waals surface area contributed by atoms with Crippen LogP contribution in [0.1, 0.15) is 29.8 Å². The van der Waals surface area contributed by atoms with E-state index in [1.54, 1.807) is 37.2 Å². The second kappa shape index (κ2) is 9.97. The maximum Gasteiger partial charge on any atom is 0.315 e. The van der Waals surface area contributed by atoms with Crippen LogP contribution in [0.5, 0.6) is 11.5 Å². The maximum atomic E-state index is 13.2. The molecule has 8 heteroatoms. The minimum atomic E-state index is -0.298. The average Bonchev–Trinajstić information content (AvgIpc) is 3.15. The molecule has 0 aliphatic rings. The van der Waals surface area contributed by atoms with Crippen LogP contribution in [0.2, 0.25) is 0 Å². The van der Waals surface area contributed by atoms with Crippen LogP contribution in [0, 0.1) is 12.7 Å². The monoisotopic (exact) mass is 426 g/mol. The van der Waals surface area contributed by atoms with Gasteiger partial charge in [-0.3, -0.25) is 0 Å². The smallest absolute Gasteiger partial charge is 0.315 e. The lowest BCUT2D eigenvalue weighted by molar-refractivity contribution is 0.238. The Morgan fingerprint density at radius 1 is 1.13 bits per heavy atom. The van der Waals surface area contributed by atoms with Gasteiger partial charge in [0.25, 0.3) is 0 Å². The van der Waals surface area contributed by atoms with Crippen molar-refractivity contribution >= 4 is 6.03 Å². The van der Waals surface area contributed by atoms with E-state index in [0.717, 1.165) is 22.5 Å². The molecule has 0 fully saturated rings. The quantitative estimate of drug-likeness (QED) is 0.572. The van der Waals surface area contributed by atoms with Gasteiger partial charge in [0.1, 0.15) is 5.82 Å². The second-order valence-corrected chi connectivity index (χ2v) is 7.13. The minimum absolute atomic E-state index is 0.240. The number of amides is 2.